The molecule has 0 spiro atoms. The fraction of sp³-hybridized carbons (Fsp3) is 0.318. The zero-order valence-electron chi connectivity index (χ0n) is 17.1. The van der Waals surface area contributed by atoms with Crippen molar-refractivity contribution in [3.63, 3.8) is 0 Å². The maximum absolute atomic E-state index is 13.3. The van der Waals surface area contributed by atoms with Crippen molar-refractivity contribution < 1.29 is 9.59 Å². The molecule has 1 aliphatic carbocycles. The Labute approximate surface area is 184 Å². The van der Waals surface area contributed by atoms with Gasteiger partial charge in [-0.3, -0.25) is 19.1 Å². The average Bonchev–Trinajstić information content (AvgIpc) is 3.54. The number of rotatable bonds is 5. The third-order valence-electron chi connectivity index (χ3n) is 5.45. The van der Waals surface area contributed by atoms with Gasteiger partial charge in [-0.05, 0) is 44.0 Å². The average molecular weight is 435 g/mol. The SMILES string of the molecule is CC1CC(=O)Nc2ccccc2N1C(=O)CSc1nnc(-c2cccnc2)n1C1CC1. The summed E-state index contributed by atoms with van der Waals surface area (Å²) < 4.78 is 2.12. The lowest BCUT2D eigenvalue weighted by molar-refractivity contribution is -0.117. The molecule has 1 aromatic carbocycles. The van der Waals surface area contributed by atoms with E-state index in [0.29, 0.717) is 11.7 Å². The number of carbonyl (C=O) groups is 2. The Morgan fingerprint density at radius 1 is 1.19 bits per heavy atom. The molecule has 3 heterocycles. The van der Waals surface area contributed by atoms with Gasteiger partial charge in [-0.15, -0.1) is 10.2 Å². The number of anilines is 2. The van der Waals surface area contributed by atoms with Crippen LogP contribution in [-0.4, -0.2) is 43.4 Å². The summed E-state index contributed by atoms with van der Waals surface area (Å²) in [6.45, 7) is 1.90. The number of hydrogen-bond donors (Lipinski definition) is 1. The largest absolute Gasteiger partial charge is 0.324 e. The van der Waals surface area contributed by atoms with Gasteiger partial charge in [0, 0.05) is 36.5 Å². The molecule has 2 aromatic heterocycles. The van der Waals surface area contributed by atoms with Gasteiger partial charge in [0.25, 0.3) is 0 Å². The predicted octanol–water partition coefficient (Wildman–Crippen LogP) is 3.53. The highest BCUT2D eigenvalue weighted by Crippen LogP contribution is 2.41. The van der Waals surface area contributed by atoms with E-state index in [-0.39, 0.29) is 30.0 Å². The predicted molar refractivity (Wildman–Crippen MR) is 119 cm³/mol. The smallest absolute Gasteiger partial charge is 0.237 e. The Hall–Kier alpha value is -3.20. The van der Waals surface area contributed by atoms with Crippen LogP contribution in [0.4, 0.5) is 11.4 Å². The minimum Gasteiger partial charge on any atom is -0.324 e. The molecule has 0 radical (unpaired) electrons. The third-order valence-corrected chi connectivity index (χ3v) is 6.38. The lowest BCUT2D eigenvalue weighted by atomic mass is 10.2. The van der Waals surface area contributed by atoms with Crippen molar-refractivity contribution in [2.24, 2.45) is 0 Å². The van der Waals surface area contributed by atoms with Crippen LogP contribution in [0.3, 0.4) is 0 Å². The van der Waals surface area contributed by atoms with Crippen LogP contribution in [0.1, 0.15) is 32.2 Å². The van der Waals surface area contributed by atoms with Crippen molar-refractivity contribution in [2.75, 3.05) is 16.0 Å². The number of pyridine rings is 1. The first-order valence-electron chi connectivity index (χ1n) is 10.3. The normalized spacial score (nSPS) is 18.3. The van der Waals surface area contributed by atoms with Crippen LogP contribution in [0.2, 0.25) is 0 Å². The zero-order chi connectivity index (χ0) is 21.4. The molecule has 2 aliphatic rings. The van der Waals surface area contributed by atoms with Gasteiger partial charge < -0.3 is 10.2 Å². The molecule has 1 atom stereocenters. The summed E-state index contributed by atoms with van der Waals surface area (Å²) in [6.07, 6.45) is 5.93. The number of nitrogens with one attached hydrogen (secondary N) is 1. The molecule has 31 heavy (non-hydrogen) atoms. The maximum Gasteiger partial charge on any atom is 0.237 e. The number of benzene rings is 1. The monoisotopic (exact) mass is 434 g/mol. The molecule has 3 aromatic rings. The van der Waals surface area contributed by atoms with Crippen molar-refractivity contribution in [2.45, 2.75) is 43.4 Å². The van der Waals surface area contributed by atoms with E-state index in [9.17, 15) is 9.59 Å². The van der Waals surface area contributed by atoms with Crippen LogP contribution in [0, 0.1) is 0 Å². The van der Waals surface area contributed by atoms with Crippen molar-refractivity contribution in [1.29, 1.82) is 0 Å². The van der Waals surface area contributed by atoms with Gasteiger partial charge in [0.15, 0.2) is 11.0 Å². The molecule has 1 saturated carbocycles. The van der Waals surface area contributed by atoms with E-state index < -0.39 is 0 Å². The van der Waals surface area contributed by atoms with E-state index in [1.807, 2.05) is 43.3 Å². The summed E-state index contributed by atoms with van der Waals surface area (Å²) in [7, 11) is 0. The first kappa shape index (κ1) is 19.7. The first-order valence-corrected chi connectivity index (χ1v) is 11.3. The van der Waals surface area contributed by atoms with E-state index >= 15 is 0 Å². The number of fused-ring (bicyclic) bond motifs is 1. The van der Waals surface area contributed by atoms with Gasteiger partial charge in [-0.1, -0.05) is 23.9 Å². The highest BCUT2D eigenvalue weighted by atomic mass is 32.2. The topological polar surface area (TPSA) is 93.0 Å². The summed E-state index contributed by atoms with van der Waals surface area (Å²) >= 11 is 1.39. The Bertz CT molecular complexity index is 1130. The molecule has 9 heteroatoms. The fourth-order valence-electron chi connectivity index (χ4n) is 3.89. The van der Waals surface area contributed by atoms with Crippen molar-refractivity contribution in [1.82, 2.24) is 19.7 Å². The second-order valence-electron chi connectivity index (χ2n) is 7.82. The van der Waals surface area contributed by atoms with Gasteiger partial charge in [0.2, 0.25) is 11.8 Å². The fourth-order valence-corrected chi connectivity index (χ4v) is 4.76. The molecule has 5 rings (SSSR count). The van der Waals surface area contributed by atoms with E-state index in [1.165, 1.54) is 11.8 Å². The van der Waals surface area contributed by atoms with Crippen LogP contribution in [-0.2, 0) is 9.59 Å². The number of amides is 2. The summed E-state index contributed by atoms with van der Waals surface area (Å²) in [4.78, 5) is 31.4. The lowest BCUT2D eigenvalue weighted by Crippen LogP contribution is -2.40. The quantitative estimate of drug-likeness (QED) is 0.618. The third kappa shape index (κ3) is 3.93. The second-order valence-corrected chi connectivity index (χ2v) is 8.76. The molecule has 1 fully saturated rings. The molecule has 0 bridgehead atoms. The minimum absolute atomic E-state index is 0.0604. The maximum atomic E-state index is 13.3. The van der Waals surface area contributed by atoms with Crippen LogP contribution in [0.5, 0.6) is 0 Å². The number of para-hydroxylation sites is 2. The highest BCUT2D eigenvalue weighted by Gasteiger charge is 2.32. The molecule has 8 nitrogen and oxygen atoms in total. The number of hydrogen-bond acceptors (Lipinski definition) is 6. The molecule has 1 aliphatic heterocycles. The molecular formula is C22H22N6O2S. The minimum atomic E-state index is -0.232. The van der Waals surface area contributed by atoms with Crippen molar-refractivity contribution in [3.8, 4) is 11.4 Å². The molecule has 158 valence electrons. The van der Waals surface area contributed by atoms with Crippen LogP contribution in [0.25, 0.3) is 11.4 Å². The van der Waals surface area contributed by atoms with Crippen molar-refractivity contribution in [3.05, 3.63) is 48.8 Å². The van der Waals surface area contributed by atoms with Gasteiger partial charge in [0.05, 0.1) is 17.1 Å². The molecule has 1 unspecified atom stereocenters. The molecule has 1 N–H and O–H groups in total. The van der Waals surface area contributed by atoms with E-state index in [4.69, 9.17) is 0 Å². The first-order chi connectivity index (χ1) is 15.1. The van der Waals surface area contributed by atoms with Crippen LogP contribution in [0.15, 0.2) is 53.9 Å². The summed E-state index contributed by atoms with van der Waals surface area (Å²) in [6, 6.07) is 11.4. The molecule has 2 amide bonds. The zero-order valence-corrected chi connectivity index (χ0v) is 17.9. The van der Waals surface area contributed by atoms with Gasteiger partial charge in [-0.2, -0.15) is 0 Å². The van der Waals surface area contributed by atoms with Gasteiger partial charge in [-0.25, -0.2) is 0 Å². The number of carbonyl (C=O) groups excluding carboxylic acids is 2. The van der Waals surface area contributed by atoms with Gasteiger partial charge in [0.1, 0.15) is 0 Å². The van der Waals surface area contributed by atoms with Crippen LogP contribution >= 0.6 is 11.8 Å². The Morgan fingerprint density at radius 3 is 2.81 bits per heavy atom. The van der Waals surface area contributed by atoms with Crippen molar-refractivity contribution >= 4 is 35.0 Å². The lowest BCUT2D eigenvalue weighted by Gasteiger charge is -2.27. The summed E-state index contributed by atoms with van der Waals surface area (Å²) in [5.74, 6) is 0.853. The Kier molecular flexibility index (Phi) is 5.19. The summed E-state index contributed by atoms with van der Waals surface area (Å²) in [5.41, 5.74) is 2.31. The van der Waals surface area contributed by atoms with E-state index in [0.717, 1.165) is 35.1 Å². The standard InChI is InChI=1S/C22H22N6O2S/c1-14-11-19(29)24-17-6-2-3-7-18(17)27(14)20(30)13-31-22-26-25-21(28(22)16-8-9-16)15-5-4-10-23-12-15/h2-7,10,12,14,16H,8-9,11,13H2,1H3,(H,24,29). The van der Waals surface area contributed by atoms with Gasteiger partial charge >= 0.3 is 0 Å². The summed E-state index contributed by atoms with van der Waals surface area (Å²) in [5, 5.41) is 12.4. The van der Waals surface area contributed by atoms with Crippen LogP contribution < -0.4 is 10.2 Å². The molecule has 0 saturated heterocycles. The Balaban J connectivity index is 1.39. The number of aromatic nitrogens is 4. The number of thioether (sulfide) groups is 1. The highest BCUT2D eigenvalue weighted by molar-refractivity contribution is 7.99. The van der Waals surface area contributed by atoms with E-state index in [2.05, 4.69) is 25.1 Å². The number of nitrogens with zero attached hydrogens (tertiary/aromatic N) is 5. The van der Waals surface area contributed by atoms with E-state index in [1.54, 1.807) is 17.3 Å². The molecular weight excluding hydrogens is 412 g/mol. The second kappa shape index (κ2) is 8.14. The Morgan fingerprint density at radius 2 is 2.03 bits per heavy atom.